The van der Waals surface area contributed by atoms with E-state index in [-0.39, 0.29) is 11.9 Å². The number of rotatable bonds is 4. The molecule has 6 heteroatoms. The molecule has 2 heterocycles. The van der Waals surface area contributed by atoms with Gasteiger partial charge in [0.2, 0.25) is 0 Å². The van der Waals surface area contributed by atoms with E-state index in [2.05, 4.69) is 5.16 Å². The van der Waals surface area contributed by atoms with Gasteiger partial charge in [-0.3, -0.25) is 4.79 Å². The molecule has 0 spiro atoms. The first kappa shape index (κ1) is 17.3. The third kappa shape index (κ3) is 3.48. The molecule has 1 aromatic carbocycles. The molecule has 0 bridgehead atoms. The summed E-state index contributed by atoms with van der Waals surface area (Å²) in [4.78, 5) is 15.3. The van der Waals surface area contributed by atoms with Crippen molar-refractivity contribution in [3.8, 4) is 11.5 Å². The molecular formula is C19H24N2O4. The standard InChI is InChI=1S/C19H24N2O4/c1-13-12-14(20-25-13)15-8-5-4-6-11-21(15)19(22)18-16(23-2)9-7-10-17(18)24-3/h7,9-10,12,15H,4-6,8,11H2,1-3H3. The Morgan fingerprint density at radius 3 is 2.52 bits per heavy atom. The average Bonchev–Trinajstić information content (AvgIpc) is 2.92. The van der Waals surface area contributed by atoms with Crippen LogP contribution in [0, 0.1) is 6.92 Å². The molecule has 0 N–H and O–H groups in total. The third-order valence-electron chi connectivity index (χ3n) is 4.64. The summed E-state index contributed by atoms with van der Waals surface area (Å²) in [6, 6.07) is 7.19. The molecule has 1 atom stereocenters. The zero-order valence-corrected chi connectivity index (χ0v) is 14.9. The summed E-state index contributed by atoms with van der Waals surface area (Å²) in [6.07, 6.45) is 4.00. The molecule has 25 heavy (non-hydrogen) atoms. The molecule has 2 aromatic rings. The van der Waals surface area contributed by atoms with Crippen molar-refractivity contribution < 1.29 is 18.8 Å². The van der Waals surface area contributed by atoms with Crippen LogP contribution in [0.1, 0.15) is 53.5 Å². The first-order valence-corrected chi connectivity index (χ1v) is 8.61. The average molecular weight is 344 g/mol. The lowest BCUT2D eigenvalue weighted by molar-refractivity contribution is 0.0667. The summed E-state index contributed by atoms with van der Waals surface area (Å²) >= 11 is 0. The second kappa shape index (κ2) is 7.59. The molecule has 1 aliphatic rings. The van der Waals surface area contributed by atoms with E-state index in [9.17, 15) is 4.79 Å². The van der Waals surface area contributed by atoms with Gasteiger partial charge >= 0.3 is 0 Å². The molecule has 0 saturated carbocycles. The molecule has 1 aromatic heterocycles. The normalized spacial score (nSPS) is 17.9. The van der Waals surface area contributed by atoms with E-state index in [0.29, 0.717) is 23.6 Å². The lowest BCUT2D eigenvalue weighted by Crippen LogP contribution is -2.35. The van der Waals surface area contributed by atoms with Crippen LogP contribution in [-0.2, 0) is 0 Å². The number of hydrogen-bond donors (Lipinski definition) is 0. The Bertz CT molecular complexity index is 719. The van der Waals surface area contributed by atoms with Crippen LogP contribution in [0.25, 0.3) is 0 Å². The molecular weight excluding hydrogens is 320 g/mol. The van der Waals surface area contributed by atoms with E-state index < -0.39 is 0 Å². The van der Waals surface area contributed by atoms with E-state index in [0.717, 1.165) is 37.1 Å². The topological polar surface area (TPSA) is 64.8 Å². The van der Waals surface area contributed by atoms with Gasteiger partial charge in [0.25, 0.3) is 5.91 Å². The molecule has 0 radical (unpaired) electrons. The van der Waals surface area contributed by atoms with E-state index in [1.54, 1.807) is 26.4 Å². The van der Waals surface area contributed by atoms with Crippen molar-refractivity contribution in [3.63, 3.8) is 0 Å². The predicted molar refractivity (Wildman–Crippen MR) is 93.0 cm³/mol. The van der Waals surface area contributed by atoms with Gasteiger partial charge in [-0.1, -0.05) is 24.1 Å². The monoisotopic (exact) mass is 344 g/mol. The number of carbonyl (C=O) groups is 1. The second-order valence-corrected chi connectivity index (χ2v) is 6.26. The van der Waals surface area contributed by atoms with Crippen LogP contribution >= 0.6 is 0 Å². The fourth-order valence-electron chi connectivity index (χ4n) is 3.41. The second-order valence-electron chi connectivity index (χ2n) is 6.26. The molecule has 6 nitrogen and oxygen atoms in total. The summed E-state index contributed by atoms with van der Waals surface area (Å²) in [7, 11) is 3.12. The van der Waals surface area contributed by atoms with Gasteiger partial charge in [-0.15, -0.1) is 0 Å². The number of ether oxygens (including phenoxy) is 2. The minimum absolute atomic E-state index is 0.0953. The number of carbonyl (C=O) groups excluding carboxylic acids is 1. The van der Waals surface area contributed by atoms with E-state index >= 15 is 0 Å². The fourth-order valence-corrected chi connectivity index (χ4v) is 3.41. The molecule has 0 aliphatic carbocycles. The maximum atomic E-state index is 13.4. The Balaban J connectivity index is 2.01. The summed E-state index contributed by atoms with van der Waals surface area (Å²) in [5.74, 6) is 1.69. The summed E-state index contributed by atoms with van der Waals surface area (Å²) in [5, 5.41) is 4.16. The lowest BCUT2D eigenvalue weighted by Gasteiger charge is -2.29. The summed E-state index contributed by atoms with van der Waals surface area (Å²) < 4.78 is 16.1. The quantitative estimate of drug-likeness (QED) is 0.845. The minimum Gasteiger partial charge on any atom is -0.496 e. The highest BCUT2D eigenvalue weighted by Crippen LogP contribution is 2.35. The number of likely N-dealkylation sites (tertiary alicyclic amines) is 1. The number of nitrogens with zero attached hydrogens (tertiary/aromatic N) is 2. The molecule has 3 rings (SSSR count). The largest absolute Gasteiger partial charge is 0.496 e. The lowest BCUT2D eigenvalue weighted by atomic mass is 10.0. The van der Waals surface area contributed by atoms with Crippen LogP contribution in [0.4, 0.5) is 0 Å². The molecule has 134 valence electrons. The zero-order chi connectivity index (χ0) is 17.8. The van der Waals surface area contributed by atoms with Gasteiger partial charge in [-0.2, -0.15) is 0 Å². The van der Waals surface area contributed by atoms with Crippen LogP contribution in [0.2, 0.25) is 0 Å². The molecule has 1 saturated heterocycles. The van der Waals surface area contributed by atoms with Crippen LogP contribution in [0.5, 0.6) is 11.5 Å². The van der Waals surface area contributed by atoms with E-state index in [1.807, 2.05) is 24.0 Å². The highest BCUT2D eigenvalue weighted by atomic mass is 16.5. The van der Waals surface area contributed by atoms with E-state index in [4.69, 9.17) is 14.0 Å². The van der Waals surface area contributed by atoms with Crippen molar-refractivity contribution >= 4 is 5.91 Å². The Hall–Kier alpha value is -2.50. The fraction of sp³-hybridized carbons (Fsp3) is 0.474. The van der Waals surface area contributed by atoms with Gasteiger partial charge in [0.1, 0.15) is 28.5 Å². The van der Waals surface area contributed by atoms with Gasteiger partial charge in [0.05, 0.1) is 20.3 Å². The minimum atomic E-state index is -0.0955. The van der Waals surface area contributed by atoms with Gasteiger partial charge in [0, 0.05) is 12.6 Å². The van der Waals surface area contributed by atoms with Crippen molar-refractivity contribution in [3.05, 3.63) is 41.3 Å². The van der Waals surface area contributed by atoms with Crippen molar-refractivity contribution in [2.45, 2.75) is 38.6 Å². The first-order valence-electron chi connectivity index (χ1n) is 8.61. The smallest absolute Gasteiger partial charge is 0.261 e. The number of aryl methyl sites for hydroxylation is 1. The van der Waals surface area contributed by atoms with Crippen LogP contribution < -0.4 is 9.47 Å². The summed E-state index contributed by atoms with van der Waals surface area (Å²) in [6.45, 7) is 2.54. The van der Waals surface area contributed by atoms with Crippen LogP contribution in [-0.4, -0.2) is 36.7 Å². The third-order valence-corrected chi connectivity index (χ3v) is 4.64. The Kier molecular flexibility index (Phi) is 5.26. The number of methoxy groups -OCH3 is 2. The first-order chi connectivity index (χ1) is 12.2. The molecule has 1 fully saturated rings. The van der Waals surface area contributed by atoms with Crippen LogP contribution in [0.15, 0.2) is 28.8 Å². The van der Waals surface area contributed by atoms with Crippen molar-refractivity contribution in [1.82, 2.24) is 10.1 Å². The highest BCUT2D eigenvalue weighted by molar-refractivity contribution is 6.00. The van der Waals surface area contributed by atoms with Gasteiger partial charge in [0.15, 0.2) is 0 Å². The molecule has 1 unspecified atom stereocenters. The van der Waals surface area contributed by atoms with Gasteiger partial charge in [-0.05, 0) is 31.9 Å². The van der Waals surface area contributed by atoms with Gasteiger partial charge < -0.3 is 18.9 Å². The number of amides is 1. The molecule has 1 amide bonds. The van der Waals surface area contributed by atoms with Crippen LogP contribution in [0.3, 0.4) is 0 Å². The highest BCUT2D eigenvalue weighted by Gasteiger charge is 2.32. The SMILES string of the molecule is COc1cccc(OC)c1C(=O)N1CCCCCC1c1cc(C)on1. The Morgan fingerprint density at radius 1 is 1.20 bits per heavy atom. The Labute approximate surface area is 147 Å². The van der Waals surface area contributed by atoms with Gasteiger partial charge in [-0.25, -0.2) is 0 Å². The van der Waals surface area contributed by atoms with Crippen molar-refractivity contribution in [2.75, 3.05) is 20.8 Å². The maximum absolute atomic E-state index is 13.4. The van der Waals surface area contributed by atoms with E-state index in [1.165, 1.54) is 0 Å². The summed E-state index contributed by atoms with van der Waals surface area (Å²) in [5.41, 5.74) is 1.27. The number of aromatic nitrogens is 1. The predicted octanol–water partition coefficient (Wildman–Crippen LogP) is 3.76. The zero-order valence-electron chi connectivity index (χ0n) is 14.9. The molecule has 1 aliphatic heterocycles. The van der Waals surface area contributed by atoms with Crippen molar-refractivity contribution in [1.29, 1.82) is 0 Å². The van der Waals surface area contributed by atoms with Crippen molar-refractivity contribution in [2.24, 2.45) is 0 Å². The Morgan fingerprint density at radius 2 is 1.92 bits per heavy atom. The number of benzene rings is 1. The maximum Gasteiger partial charge on any atom is 0.261 e. The number of hydrogen-bond acceptors (Lipinski definition) is 5.